The molecular formula is C22H19N3O. The van der Waals surface area contributed by atoms with Gasteiger partial charge in [0.1, 0.15) is 17.2 Å². The Morgan fingerprint density at radius 2 is 1.69 bits per heavy atom. The molecule has 1 N–H and O–H groups in total. The van der Waals surface area contributed by atoms with Crippen LogP contribution in [0.4, 0.5) is 5.69 Å². The van der Waals surface area contributed by atoms with Gasteiger partial charge in [0.05, 0.1) is 0 Å². The molecule has 1 aromatic heterocycles. The summed E-state index contributed by atoms with van der Waals surface area (Å²) < 4.78 is 5.58. The second-order valence-electron chi connectivity index (χ2n) is 7.19. The fourth-order valence-corrected chi connectivity index (χ4v) is 4.36. The molecule has 3 heterocycles. The Labute approximate surface area is 151 Å². The monoisotopic (exact) mass is 341 g/mol. The Hall–Kier alpha value is -3.06. The van der Waals surface area contributed by atoms with Crippen LogP contribution in [0.2, 0.25) is 0 Å². The molecule has 2 aliphatic heterocycles. The van der Waals surface area contributed by atoms with Gasteiger partial charge in [-0.1, -0.05) is 12.1 Å². The van der Waals surface area contributed by atoms with Crippen molar-refractivity contribution in [3.05, 3.63) is 58.6 Å². The number of hydrogen-bond donors (Lipinski definition) is 1. The van der Waals surface area contributed by atoms with Gasteiger partial charge in [-0.25, -0.2) is 0 Å². The van der Waals surface area contributed by atoms with Crippen LogP contribution in [0.1, 0.15) is 29.5 Å². The third-order valence-corrected chi connectivity index (χ3v) is 5.56. The van der Waals surface area contributed by atoms with Gasteiger partial charge in [0.15, 0.2) is 0 Å². The number of fused-ring (bicyclic) bond motifs is 1. The van der Waals surface area contributed by atoms with Gasteiger partial charge in [0.25, 0.3) is 0 Å². The maximum Gasteiger partial charge on any atom is 0.229 e. The predicted molar refractivity (Wildman–Crippen MR) is 101 cm³/mol. The number of nitrogens with one attached hydrogen (secondary N) is 1. The molecule has 0 bridgehead atoms. The third-order valence-electron chi connectivity index (χ3n) is 5.56. The summed E-state index contributed by atoms with van der Waals surface area (Å²) in [5.41, 5.74) is 7.56. The molecule has 4 nitrogen and oxygen atoms in total. The molecule has 0 spiro atoms. The van der Waals surface area contributed by atoms with Gasteiger partial charge in [-0.2, -0.15) is 5.26 Å². The number of aryl methyl sites for hydroxylation is 2. The lowest BCUT2D eigenvalue weighted by Gasteiger charge is -2.37. The first-order chi connectivity index (χ1) is 12.7. The number of anilines is 1. The van der Waals surface area contributed by atoms with Crippen LogP contribution in [0.15, 0.2) is 40.8 Å². The zero-order chi connectivity index (χ0) is 17.7. The fourth-order valence-electron chi connectivity index (χ4n) is 4.36. The van der Waals surface area contributed by atoms with Gasteiger partial charge in [0, 0.05) is 24.2 Å². The van der Waals surface area contributed by atoms with Crippen molar-refractivity contribution in [2.45, 2.75) is 25.7 Å². The van der Waals surface area contributed by atoms with E-state index in [1.165, 1.54) is 48.3 Å². The van der Waals surface area contributed by atoms with E-state index in [1.807, 2.05) is 18.2 Å². The summed E-state index contributed by atoms with van der Waals surface area (Å²) in [7, 11) is 0. The van der Waals surface area contributed by atoms with E-state index in [0.717, 1.165) is 23.8 Å². The average molecular weight is 341 g/mol. The average Bonchev–Trinajstić information content (AvgIpc) is 2.67. The lowest BCUT2D eigenvalue weighted by Crippen LogP contribution is -2.34. The minimum Gasteiger partial charge on any atom is -0.438 e. The highest BCUT2D eigenvalue weighted by atomic mass is 16.3. The fraction of sp³-hybridized carbons (Fsp3) is 0.273. The molecular weight excluding hydrogens is 322 g/mol. The summed E-state index contributed by atoms with van der Waals surface area (Å²) in [5.74, 6) is 0. The largest absolute Gasteiger partial charge is 0.438 e. The summed E-state index contributed by atoms with van der Waals surface area (Å²) in [6, 6.07) is 14.4. The number of nitrogens with zero attached hydrogens (tertiary/aromatic N) is 2. The van der Waals surface area contributed by atoms with Crippen molar-refractivity contribution >= 4 is 16.7 Å². The van der Waals surface area contributed by atoms with E-state index in [4.69, 9.17) is 15.1 Å². The maximum absolute atomic E-state index is 9.07. The molecule has 128 valence electrons. The number of hydrogen-bond acceptors (Lipinski definition) is 4. The summed E-state index contributed by atoms with van der Waals surface area (Å²) in [4.78, 5) is 2.55. The van der Waals surface area contributed by atoms with Crippen molar-refractivity contribution < 1.29 is 4.42 Å². The minimum absolute atomic E-state index is 0.0756. The van der Waals surface area contributed by atoms with Crippen LogP contribution in [0.3, 0.4) is 0 Å². The molecule has 3 aromatic rings. The number of nitriles is 1. The SMILES string of the molecule is N#Cc1cc2ccc(-c3cc4c5c(c3)CCCN5CCC4)cc2oc1=N. The van der Waals surface area contributed by atoms with Crippen LogP contribution in [-0.4, -0.2) is 13.1 Å². The van der Waals surface area contributed by atoms with Crippen molar-refractivity contribution in [2.75, 3.05) is 18.0 Å². The predicted octanol–water partition coefficient (Wildman–Crippen LogP) is 4.15. The molecule has 2 aliphatic rings. The Bertz CT molecular complexity index is 1110. The molecule has 0 atom stereocenters. The quantitative estimate of drug-likeness (QED) is 0.723. The molecule has 2 aromatic carbocycles. The summed E-state index contributed by atoms with van der Waals surface area (Å²) in [5, 5.41) is 17.8. The molecule has 0 unspecified atom stereocenters. The second-order valence-corrected chi connectivity index (χ2v) is 7.19. The molecule has 26 heavy (non-hydrogen) atoms. The van der Waals surface area contributed by atoms with E-state index in [-0.39, 0.29) is 11.1 Å². The smallest absolute Gasteiger partial charge is 0.229 e. The van der Waals surface area contributed by atoms with E-state index in [1.54, 1.807) is 6.07 Å². The second kappa shape index (κ2) is 5.74. The maximum atomic E-state index is 9.07. The van der Waals surface area contributed by atoms with E-state index >= 15 is 0 Å². The van der Waals surface area contributed by atoms with Crippen molar-refractivity contribution in [1.29, 1.82) is 10.7 Å². The molecule has 0 fully saturated rings. The number of benzene rings is 2. The van der Waals surface area contributed by atoms with Gasteiger partial charge >= 0.3 is 0 Å². The van der Waals surface area contributed by atoms with E-state index < -0.39 is 0 Å². The lowest BCUT2D eigenvalue weighted by molar-refractivity contribution is 0.531. The summed E-state index contributed by atoms with van der Waals surface area (Å²) in [6.45, 7) is 2.36. The molecule has 0 amide bonds. The normalized spacial score (nSPS) is 15.6. The Morgan fingerprint density at radius 3 is 2.38 bits per heavy atom. The first-order valence-electron chi connectivity index (χ1n) is 9.17. The molecule has 0 saturated carbocycles. The number of rotatable bonds is 1. The third kappa shape index (κ3) is 2.32. The Morgan fingerprint density at radius 1 is 0.962 bits per heavy atom. The van der Waals surface area contributed by atoms with Gasteiger partial charge < -0.3 is 9.32 Å². The van der Waals surface area contributed by atoms with Crippen molar-refractivity contribution in [3.63, 3.8) is 0 Å². The van der Waals surface area contributed by atoms with Crippen LogP contribution < -0.4 is 10.5 Å². The van der Waals surface area contributed by atoms with Crippen LogP contribution in [-0.2, 0) is 12.8 Å². The first-order valence-corrected chi connectivity index (χ1v) is 9.17. The standard InChI is InChI=1S/C22H19N3O/c23-13-19-9-15-6-5-14(12-20(15)26-22(19)24)18-10-16-3-1-7-25-8-2-4-17(11-18)21(16)25/h5-6,9-12,24H,1-4,7-8H2. The van der Waals surface area contributed by atoms with Crippen LogP contribution in [0, 0.1) is 16.7 Å². The van der Waals surface area contributed by atoms with E-state index in [9.17, 15) is 0 Å². The van der Waals surface area contributed by atoms with Crippen LogP contribution >= 0.6 is 0 Å². The highest BCUT2D eigenvalue weighted by Crippen LogP contribution is 2.38. The zero-order valence-corrected chi connectivity index (χ0v) is 14.5. The highest BCUT2D eigenvalue weighted by molar-refractivity contribution is 5.84. The molecule has 4 heteroatoms. The Balaban J connectivity index is 1.66. The minimum atomic E-state index is -0.0756. The first kappa shape index (κ1) is 15.2. The summed E-state index contributed by atoms with van der Waals surface area (Å²) >= 11 is 0. The van der Waals surface area contributed by atoms with Gasteiger partial charge in [-0.05, 0) is 72.2 Å². The Kier molecular flexibility index (Phi) is 3.36. The van der Waals surface area contributed by atoms with Crippen molar-refractivity contribution in [3.8, 4) is 17.2 Å². The van der Waals surface area contributed by atoms with Crippen LogP contribution in [0.25, 0.3) is 22.1 Å². The lowest BCUT2D eigenvalue weighted by atomic mass is 9.88. The highest BCUT2D eigenvalue weighted by Gasteiger charge is 2.24. The molecule has 0 aliphatic carbocycles. The summed E-state index contributed by atoms with van der Waals surface area (Å²) in [6.07, 6.45) is 4.74. The van der Waals surface area contributed by atoms with Crippen molar-refractivity contribution in [1.82, 2.24) is 0 Å². The topological polar surface area (TPSA) is 64.0 Å². The van der Waals surface area contributed by atoms with E-state index in [0.29, 0.717) is 5.58 Å². The van der Waals surface area contributed by atoms with Gasteiger partial charge in [0.2, 0.25) is 5.55 Å². The molecule has 5 rings (SSSR count). The van der Waals surface area contributed by atoms with Gasteiger partial charge in [-0.3, -0.25) is 5.41 Å². The van der Waals surface area contributed by atoms with Gasteiger partial charge in [-0.15, -0.1) is 0 Å². The zero-order valence-electron chi connectivity index (χ0n) is 14.5. The molecule has 0 radical (unpaired) electrons. The van der Waals surface area contributed by atoms with Crippen molar-refractivity contribution in [2.24, 2.45) is 0 Å². The van der Waals surface area contributed by atoms with Crippen LogP contribution in [0.5, 0.6) is 0 Å². The molecule has 0 saturated heterocycles. The van der Waals surface area contributed by atoms with E-state index in [2.05, 4.69) is 23.1 Å².